The number of hydrogen-bond acceptors (Lipinski definition) is 4. The predicted molar refractivity (Wildman–Crippen MR) is 74.5 cm³/mol. The summed E-state index contributed by atoms with van der Waals surface area (Å²) in [5.41, 5.74) is 6.89. The molecule has 100 valence electrons. The van der Waals surface area contributed by atoms with Crippen molar-refractivity contribution in [1.82, 2.24) is 10.2 Å². The minimum atomic E-state index is -0.280. The minimum absolute atomic E-state index is 0.131. The van der Waals surface area contributed by atoms with Crippen molar-refractivity contribution in [2.45, 2.75) is 19.4 Å². The zero-order valence-electron chi connectivity index (χ0n) is 11.0. The summed E-state index contributed by atoms with van der Waals surface area (Å²) in [6, 6.07) is 2.36. The lowest BCUT2D eigenvalue weighted by atomic mass is 9.89. The molecule has 1 aromatic rings. The number of nitrogens with two attached hydrogens (primary N) is 1. The Bertz CT molecular complexity index is 406. The molecule has 0 spiro atoms. The molecule has 0 bridgehead atoms. The summed E-state index contributed by atoms with van der Waals surface area (Å²) in [6.45, 7) is 4.35. The molecular weight excluding hydrogens is 246 g/mol. The van der Waals surface area contributed by atoms with Gasteiger partial charge in [0.05, 0.1) is 5.41 Å². The van der Waals surface area contributed by atoms with Gasteiger partial charge in [-0.25, -0.2) is 0 Å². The Kier molecular flexibility index (Phi) is 4.04. The van der Waals surface area contributed by atoms with Gasteiger partial charge in [-0.15, -0.1) is 0 Å². The number of carbonyl (C=O) groups excluding carboxylic acids is 1. The third kappa shape index (κ3) is 2.43. The fourth-order valence-electron chi connectivity index (χ4n) is 2.71. The molecule has 1 aliphatic heterocycles. The van der Waals surface area contributed by atoms with Crippen LogP contribution in [0.2, 0.25) is 0 Å². The maximum Gasteiger partial charge on any atom is 0.227 e. The van der Waals surface area contributed by atoms with Crippen molar-refractivity contribution >= 4 is 17.2 Å². The van der Waals surface area contributed by atoms with Crippen molar-refractivity contribution < 1.29 is 4.79 Å². The Labute approximate surface area is 112 Å². The smallest absolute Gasteiger partial charge is 0.227 e. The molecule has 1 aliphatic rings. The van der Waals surface area contributed by atoms with Gasteiger partial charge in [-0.05, 0) is 42.3 Å². The first-order valence-electron chi connectivity index (χ1n) is 6.29. The second-order valence-electron chi connectivity index (χ2n) is 5.17. The van der Waals surface area contributed by atoms with Crippen LogP contribution in [-0.2, 0) is 4.79 Å². The van der Waals surface area contributed by atoms with Crippen LogP contribution in [0.4, 0.5) is 0 Å². The average Bonchev–Trinajstić information content (AvgIpc) is 3.01. The highest BCUT2D eigenvalue weighted by Gasteiger charge is 2.41. The van der Waals surface area contributed by atoms with E-state index in [1.807, 2.05) is 6.92 Å². The minimum Gasteiger partial charge on any atom is -0.359 e. The van der Waals surface area contributed by atoms with Crippen molar-refractivity contribution in [3.8, 4) is 0 Å². The Morgan fingerprint density at radius 2 is 2.50 bits per heavy atom. The highest BCUT2D eigenvalue weighted by molar-refractivity contribution is 7.07. The van der Waals surface area contributed by atoms with E-state index in [0.29, 0.717) is 6.54 Å². The van der Waals surface area contributed by atoms with Gasteiger partial charge in [0.1, 0.15) is 0 Å². The highest BCUT2D eigenvalue weighted by Crippen LogP contribution is 2.35. The summed E-state index contributed by atoms with van der Waals surface area (Å²) in [4.78, 5) is 14.2. The molecule has 2 heterocycles. The molecule has 2 rings (SSSR count). The van der Waals surface area contributed by atoms with Gasteiger partial charge in [0.25, 0.3) is 0 Å². The van der Waals surface area contributed by atoms with Gasteiger partial charge in [-0.2, -0.15) is 11.3 Å². The first-order valence-corrected chi connectivity index (χ1v) is 7.23. The van der Waals surface area contributed by atoms with Crippen LogP contribution in [0.5, 0.6) is 0 Å². The van der Waals surface area contributed by atoms with Crippen LogP contribution in [0.25, 0.3) is 0 Å². The van der Waals surface area contributed by atoms with Crippen LogP contribution in [-0.4, -0.2) is 37.5 Å². The molecule has 2 atom stereocenters. The summed E-state index contributed by atoms with van der Waals surface area (Å²) < 4.78 is 0. The van der Waals surface area contributed by atoms with Gasteiger partial charge < -0.3 is 11.1 Å². The van der Waals surface area contributed by atoms with Crippen molar-refractivity contribution in [2.75, 3.05) is 26.7 Å². The van der Waals surface area contributed by atoms with E-state index < -0.39 is 0 Å². The SMILES string of the molecule is CNC(=O)C1(C)CCN(C(CN)c2ccsc2)C1. The molecule has 1 saturated heterocycles. The second kappa shape index (κ2) is 5.38. The third-order valence-corrected chi connectivity index (χ3v) is 4.57. The van der Waals surface area contributed by atoms with Crippen molar-refractivity contribution in [3.63, 3.8) is 0 Å². The van der Waals surface area contributed by atoms with E-state index in [9.17, 15) is 4.79 Å². The van der Waals surface area contributed by atoms with E-state index in [-0.39, 0.29) is 17.4 Å². The highest BCUT2D eigenvalue weighted by atomic mass is 32.1. The number of carbonyl (C=O) groups is 1. The zero-order valence-corrected chi connectivity index (χ0v) is 11.8. The molecule has 1 aromatic heterocycles. The summed E-state index contributed by atoms with van der Waals surface area (Å²) >= 11 is 1.69. The Balaban J connectivity index is 2.10. The maximum atomic E-state index is 11.9. The molecule has 5 heteroatoms. The van der Waals surface area contributed by atoms with Crippen LogP contribution in [0.3, 0.4) is 0 Å². The normalized spacial score (nSPS) is 26.2. The van der Waals surface area contributed by atoms with Gasteiger partial charge in [-0.3, -0.25) is 9.69 Å². The first-order chi connectivity index (χ1) is 8.60. The predicted octanol–water partition coefficient (Wildman–Crippen LogP) is 1.21. The van der Waals surface area contributed by atoms with Crippen LogP contribution < -0.4 is 11.1 Å². The molecule has 0 aromatic carbocycles. The van der Waals surface area contributed by atoms with E-state index in [0.717, 1.165) is 19.5 Å². The van der Waals surface area contributed by atoms with Gasteiger partial charge in [0, 0.05) is 26.2 Å². The number of amides is 1. The fourth-order valence-corrected chi connectivity index (χ4v) is 3.42. The number of nitrogens with zero attached hydrogens (tertiary/aromatic N) is 1. The van der Waals surface area contributed by atoms with E-state index >= 15 is 0 Å². The molecular formula is C13H21N3OS. The summed E-state index contributed by atoms with van der Waals surface area (Å²) in [5, 5.41) is 6.99. The first kappa shape index (κ1) is 13.5. The quantitative estimate of drug-likeness (QED) is 0.862. The Hall–Kier alpha value is -0.910. The fraction of sp³-hybridized carbons (Fsp3) is 0.615. The zero-order chi connectivity index (χ0) is 13.2. The molecule has 1 fully saturated rings. The van der Waals surface area contributed by atoms with E-state index in [1.54, 1.807) is 18.4 Å². The maximum absolute atomic E-state index is 11.9. The van der Waals surface area contributed by atoms with Crippen molar-refractivity contribution in [1.29, 1.82) is 0 Å². The van der Waals surface area contributed by atoms with Crippen molar-refractivity contribution in [3.05, 3.63) is 22.4 Å². The Morgan fingerprint density at radius 1 is 1.72 bits per heavy atom. The second-order valence-corrected chi connectivity index (χ2v) is 5.95. The largest absolute Gasteiger partial charge is 0.359 e. The van der Waals surface area contributed by atoms with Crippen LogP contribution in [0, 0.1) is 5.41 Å². The van der Waals surface area contributed by atoms with Crippen molar-refractivity contribution in [2.24, 2.45) is 11.1 Å². The molecule has 1 amide bonds. The van der Waals surface area contributed by atoms with Crippen LogP contribution in [0.1, 0.15) is 24.9 Å². The summed E-state index contributed by atoms with van der Waals surface area (Å²) in [6.07, 6.45) is 0.896. The standard InChI is InChI=1S/C13H21N3OS/c1-13(12(17)15-2)4-5-16(9-13)11(7-14)10-3-6-18-8-10/h3,6,8,11H,4-5,7,9,14H2,1-2H3,(H,15,17). The van der Waals surface area contributed by atoms with Gasteiger partial charge in [0.15, 0.2) is 0 Å². The third-order valence-electron chi connectivity index (χ3n) is 3.87. The van der Waals surface area contributed by atoms with E-state index in [1.165, 1.54) is 5.56 Å². The van der Waals surface area contributed by atoms with Gasteiger partial charge in [-0.1, -0.05) is 0 Å². The van der Waals surface area contributed by atoms with Gasteiger partial charge in [0.2, 0.25) is 5.91 Å². The monoisotopic (exact) mass is 267 g/mol. The number of likely N-dealkylation sites (tertiary alicyclic amines) is 1. The van der Waals surface area contributed by atoms with Crippen LogP contribution >= 0.6 is 11.3 Å². The number of nitrogens with one attached hydrogen (secondary N) is 1. The molecule has 18 heavy (non-hydrogen) atoms. The topological polar surface area (TPSA) is 58.4 Å². The Morgan fingerprint density at radius 3 is 3.06 bits per heavy atom. The molecule has 0 radical (unpaired) electrons. The lowest BCUT2D eigenvalue weighted by Gasteiger charge is -2.28. The number of rotatable bonds is 4. The molecule has 0 saturated carbocycles. The average molecular weight is 267 g/mol. The molecule has 2 unspecified atom stereocenters. The number of hydrogen-bond donors (Lipinski definition) is 2. The van der Waals surface area contributed by atoms with Gasteiger partial charge >= 0.3 is 0 Å². The number of thiophene rings is 1. The summed E-state index contributed by atoms with van der Waals surface area (Å²) in [7, 11) is 1.70. The molecule has 0 aliphatic carbocycles. The molecule has 4 nitrogen and oxygen atoms in total. The van der Waals surface area contributed by atoms with Crippen LogP contribution in [0.15, 0.2) is 16.8 Å². The van der Waals surface area contributed by atoms with E-state index in [2.05, 4.69) is 27.0 Å². The molecule has 3 N–H and O–H groups in total. The van der Waals surface area contributed by atoms with E-state index in [4.69, 9.17) is 5.73 Å². The lowest BCUT2D eigenvalue weighted by Crippen LogP contribution is -2.40. The lowest BCUT2D eigenvalue weighted by molar-refractivity contribution is -0.129. The summed E-state index contributed by atoms with van der Waals surface area (Å²) in [5.74, 6) is 0.131.